The van der Waals surface area contributed by atoms with E-state index in [1.165, 1.54) is 18.4 Å². The van der Waals surface area contributed by atoms with Crippen molar-refractivity contribution in [3.63, 3.8) is 0 Å². The third-order valence-electron chi connectivity index (χ3n) is 2.95. The highest BCUT2D eigenvalue weighted by atomic mass is 79.9. The van der Waals surface area contributed by atoms with Crippen LogP contribution in [-0.2, 0) is 6.54 Å². The number of hydrogen-bond donors (Lipinski definition) is 1. The molecule has 0 heterocycles. The minimum Gasteiger partial charge on any atom is -0.492 e. The van der Waals surface area contributed by atoms with Crippen LogP contribution < -0.4 is 10.1 Å². The van der Waals surface area contributed by atoms with Crippen molar-refractivity contribution in [3.05, 3.63) is 28.2 Å². The van der Waals surface area contributed by atoms with Crippen molar-refractivity contribution < 1.29 is 4.74 Å². The van der Waals surface area contributed by atoms with E-state index < -0.39 is 0 Å². The second-order valence-electron chi connectivity index (χ2n) is 4.58. The van der Waals surface area contributed by atoms with Crippen LogP contribution in [0.1, 0.15) is 24.8 Å². The Morgan fingerprint density at radius 2 is 2.28 bits per heavy atom. The van der Waals surface area contributed by atoms with Gasteiger partial charge in [0.05, 0.1) is 11.1 Å². The number of hydrogen-bond acceptors (Lipinski definition) is 3. The molecular formula is C14H20BrNOS. The maximum atomic E-state index is 5.92. The molecule has 0 spiro atoms. The second-order valence-corrected chi connectivity index (χ2v) is 6.42. The first-order valence-electron chi connectivity index (χ1n) is 6.44. The standard InChI is InChI=1S/C14H20BrNOS/c1-18-9-3-8-17-14-11(4-2-5-13(14)15)10-16-12-6-7-12/h2,4-5,12,16H,3,6-10H2,1H3. The molecule has 0 radical (unpaired) electrons. The van der Waals surface area contributed by atoms with Gasteiger partial charge in [-0.2, -0.15) is 11.8 Å². The number of nitrogens with one attached hydrogen (secondary N) is 1. The van der Waals surface area contributed by atoms with E-state index in [4.69, 9.17) is 4.74 Å². The summed E-state index contributed by atoms with van der Waals surface area (Å²) in [5.74, 6) is 2.16. The summed E-state index contributed by atoms with van der Waals surface area (Å²) in [6.07, 6.45) is 5.86. The van der Waals surface area contributed by atoms with Crippen LogP contribution in [0.3, 0.4) is 0 Å². The lowest BCUT2D eigenvalue weighted by molar-refractivity contribution is 0.312. The monoisotopic (exact) mass is 329 g/mol. The molecule has 1 saturated carbocycles. The molecule has 1 aromatic carbocycles. The largest absolute Gasteiger partial charge is 0.492 e. The van der Waals surface area contributed by atoms with Gasteiger partial charge in [-0.15, -0.1) is 0 Å². The zero-order valence-corrected chi connectivity index (χ0v) is 13.1. The lowest BCUT2D eigenvalue weighted by Gasteiger charge is -2.13. The third kappa shape index (κ3) is 4.48. The van der Waals surface area contributed by atoms with E-state index in [0.717, 1.165) is 41.6 Å². The normalized spacial score (nSPS) is 14.8. The van der Waals surface area contributed by atoms with Crippen molar-refractivity contribution in [3.8, 4) is 5.75 Å². The zero-order chi connectivity index (χ0) is 12.8. The van der Waals surface area contributed by atoms with Gasteiger partial charge < -0.3 is 10.1 Å². The molecule has 0 saturated heterocycles. The molecule has 1 N–H and O–H groups in total. The van der Waals surface area contributed by atoms with Gasteiger partial charge in [0.25, 0.3) is 0 Å². The Labute approximate surface area is 122 Å². The molecule has 4 heteroatoms. The summed E-state index contributed by atoms with van der Waals surface area (Å²) in [4.78, 5) is 0. The topological polar surface area (TPSA) is 21.3 Å². The number of para-hydroxylation sites is 1. The van der Waals surface area contributed by atoms with E-state index >= 15 is 0 Å². The van der Waals surface area contributed by atoms with E-state index in [9.17, 15) is 0 Å². The fourth-order valence-corrected chi connectivity index (χ4v) is 2.70. The van der Waals surface area contributed by atoms with Crippen LogP contribution in [0.5, 0.6) is 5.75 Å². The van der Waals surface area contributed by atoms with Crippen molar-refractivity contribution in [2.45, 2.75) is 31.8 Å². The summed E-state index contributed by atoms with van der Waals surface area (Å²) in [6, 6.07) is 6.99. The number of rotatable bonds is 8. The van der Waals surface area contributed by atoms with Crippen LogP contribution in [-0.4, -0.2) is 24.7 Å². The molecule has 0 aliphatic heterocycles. The van der Waals surface area contributed by atoms with E-state index in [0.29, 0.717) is 0 Å². The van der Waals surface area contributed by atoms with Crippen LogP contribution in [0.25, 0.3) is 0 Å². The third-order valence-corrected chi connectivity index (χ3v) is 4.27. The minimum atomic E-state index is 0.730. The zero-order valence-electron chi connectivity index (χ0n) is 10.7. The van der Waals surface area contributed by atoms with Crippen LogP contribution in [0.15, 0.2) is 22.7 Å². The molecule has 0 atom stereocenters. The average Bonchev–Trinajstić information content (AvgIpc) is 3.18. The molecule has 18 heavy (non-hydrogen) atoms. The van der Waals surface area contributed by atoms with Gasteiger partial charge in [0.1, 0.15) is 5.75 Å². The summed E-state index contributed by atoms with van der Waals surface area (Å²) < 4.78 is 6.98. The van der Waals surface area contributed by atoms with Gasteiger partial charge in [0, 0.05) is 18.2 Å². The van der Waals surface area contributed by atoms with Crippen LogP contribution in [0.2, 0.25) is 0 Å². The van der Waals surface area contributed by atoms with E-state index in [1.807, 2.05) is 17.8 Å². The molecular weight excluding hydrogens is 310 g/mol. The van der Waals surface area contributed by atoms with Gasteiger partial charge >= 0.3 is 0 Å². The first-order chi connectivity index (χ1) is 8.81. The first kappa shape index (κ1) is 14.2. The van der Waals surface area contributed by atoms with Crippen molar-refractivity contribution >= 4 is 27.7 Å². The number of thioether (sulfide) groups is 1. The molecule has 1 aliphatic carbocycles. The minimum absolute atomic E-state index is 0.730. The van der Waals surface area contributed by atoms with Gasteiger partial charge in [0.2, 0.25) is 0 Å². The van der Waals surface area contributed by atoms with E-state index in [1.54, 1.807) is 0 Å². The van der Waals surface area contributed by atoms with Gasteiger partial charge in [0.15, 0.2) is 0 Å². The predicted octanol–water partition coefficient (Wildman–Crippen LogP) is 3.83. The molecule has 0 bridgehead atoms. The molecule has 0 aromatic heterocycles. The Balaban J connectivity index is 1.91. The lowest BCUT2D eigenvalue weighted by Crippen LogP contribution is -2.16. The maximum Gasteiger partial charge on any atom is 0.137 e. The van der Waals surface area contributed by atoms with Crippen LogP contribution in [0, 0.1) is 0 Å². The molecule has 2 rings (SSSR count). The van der Waals surface area contributed by atoms with E-state index in [2.05, 4.69) is 39.6 Å². The second kappa shape index (κ2) is 7.41. The summed E-state index contributed by atoms with van der Waals surface area (Å²) in [6.45, 7) is 1.70. The van der Waals surface area contributed by atoms with Crippen LogP contribution in [0.4, 0.5) is 0 Å². The summed E-state index contributed by atoms with van der Waals surface area (Å²) in [7, 11) is 0. The number of benzene rings is 1. The Bertz CT molecular complexity index is 382. The van der Waals surface area contributed by atoms with Crippen molar-refractivity contribution in [2.24, 2.45) is 0 Å². The molecule has 1 aliphatic rings. The molecule has 2 nitrogen and oxygen atoms in total. The van der Waals surface area contributed by atoms with Crippen molar-refractivity contribution in [1.29, 1.82) is 0 Å². The van der Waals surface area contributed by atoms with Crippen LogP contribution >= 0.6 is 27.7 Å². The Hall–Kier alpha value is -0.190. The highest BCUT2D eigenvalue weighted by molar-refractivity contribution is 9.10. The summed E-state index contributed by atoms with van der Waals surface area (Å²) in [5, 5.41) is 3.54. The fourth-order valence-electron chi connectivity index (χ4n) is 1.77. The molecule has 0 amide bonds. The highest BCUT2D eigenvalue weighted by Crippen LogP contribution is 2.30. The SMILES string of the molecule is CSCCCOc1c(Br)cccc1CNC1CC1. The maximum absolute atomic E-state index is 5.92. The van der Waals surface area contributed by atoms with E-state index in [-0.39, 0.29) is 0 Å². The summed E-state index contributed by atoms with van der Waals surface area (Å²) >= 11 is 5.44. The Kier molecular flexibility index (Phi) is 5.86. The number of halogens is 1. The molecule has 1 aromatic rings. The van der Waals surface area contributed by atoms with Gasteiger partial charge in [-0.1, -0.05) is 12.1 Å². The van der Waals surface area contributed by atoms with Gasteiger partial charge in [-0.05, 0) is 53.3 Å². The fraction of sp³-hybridized carbons (Fsp3) is 0.571. The van der Waals surface area contributed by atoms with Gasteiger partial charge in [-0.3, -0.25) is 0 Å². The smallest absolute Gasteiger partial charge is 0.137 e. The molecule has 0 unspecified atom stereocenters. The highest BCUT2D eigenvalue weighted by Gasteiger charge is 2.20. The lowest BCUT2D eigenvalue weighted by atomic mass is 10.2. The molecule has 100 valence electrons. The van der Waals surface area contributed by atoms with Gasteiger partial charge in [-0.25, -0.2) is 0 Å². The van der Waals surface area contributed by atoms with Crippen molar-refractivity contribution in [2.75, 3.05) is 18.6 Å². The summed E-state index contributed by atoms with van der Waals surface area (Å²) in [5.41, 5.74) is 1.25. The first-order valence-corrected chi connectivity index (χ1v) is 8.62. The van der Waals surface area contributed by atoms with Crippen molar-refractivity contribution in [1.82, 2.24) is 5.32 Å². The predicted molar refractivity (Wildman–Crippen MR) is 82.5 cm³/mol. The Morgan fingerprint density at radius 3 is 3.00 bits per heavy atom. The molecule has 1 fully saturated rings. The quantitative estimate of drug-likeness (QED) is 0.732. The number of ether oxygens (including phenoxy) is 1. The average molecular weight is 330 g/mol. The Morgan fingerprint density at radius 1 is 1.44 bits per heavy atom.